The summed E-state index contributed by atoms with van der Waals surface area (Å²) in [5.41, 5.74) is 0.661. The molecule has 0 aliphatic carbocycles. The minimum atomic E-state index is 0.247. The molecule has 3 nitrogen and oxygen atoms in total. The minimum absolute atomic E-state index is 0.247. The molecule has 0 radical (unpaired) electrons. The maximum atomic E-state index is 6.14. The fraction of sp³-hybridized carbons (Fsp3) is 0.267. The van der Waals surface area contributed by atoms with E-state index in [1.165, 1.54) is 0 Å². The van der Waals surface area contributed by atoms with Gasteiger partial charge in [-0.1, -0.05) is 41.7 Å². The molecule has 0 unspecified atom stereocenters. The van der Waals surface area contributed by atoms with Crippen LogP contribution in [0.1, 0.15) is 19.0 Å². The highest BCUT2D eigenvalue weighted by atomic mass is 35.5. The van der Waals surface area contributed by atoms with Crippen LogP contribution in [-0.2, 0) is 6.61 Å². The van der Waals surface area contributed by atoms with E-state index in [1.54, 1.807) is 24.3 Å². The Balaban J connectivity index is 2.08. The Kier molecular flexibility index (Phi) is 5.97. The minimum Gasteiger partial charge on any atom is -0.487 e. The van der Waals surface area contributed by atoms with Crippen LogP contribution in [0.2, 0.25) is 15.1 Å². The van der Waals surface area contributed by atoms with Gasteiger partial charge in [-0.3, -0.25) is 0 Å². The lowest BCUT2D eigenvalue weighted by Gasteiger charge is -2.10. The third-order valence-corrected chi connectivity index (χ3v) is 3.47. The number of ether oxygens (including phenoxy) is 1. The number of pyridine rings is 1. The molecular weight excluding hydrogens is 331 g/mol. The number of rotatable bonds is 6. The Bertz CT molecular complexity index is 600. The second kappa shape index (κ2) is 7.74. The molecule has 0 bridgehead atoms. The average molecular weight is 346 g/mol. The van der Waals surface area contributed by atoms with Gasteiger partial charge >= 0.3 is 0 Å². The number of hydrogen-bond donors (Lipinski definition) is 1. The van der Waals surface area contributed by atoms with Gasteiger partial charge in [0.2, 0.25) is 0 Å². The molecule has 0 fully saturated rings. The fourth-order valence-corrected chi connectivity index (χ4v) is 2.37. The molecule has 0 atom stereocenters. The van der Waals surface area contributed by atoms with Crippen LogP contribution in [0.15, 0.2) is 30.3 Å². The number of nitrogens with zero attached hydrogens (tertiary/aromatic N) is 1. The Hall–Kier alpha value is -1.16. The highest BCUT2D eigenvalue weighted by Crippen LogP contribution is 2.25. The number of benzene rings is 1. The van der Waals surface area contributed by atoms with Crippen LogP contribution in [0.5, 0.6) is 5.75 Å². The number of hydrogen-bond acceptors (Lipinski definition) is 3. The molecule has 1 N–H and O–H groups in total. The maximum Gasteiger partial charge on any atom is 0.132 e. The lowest BCUT2D eigenvalue weighted by atomic mass is 10.3. The quantitative estimate of drug-likeness (QED) is 0.756. The van der Waals surface area contributed by atoms with Crippen molar-refractivity contribution in [3.05, 3.63) is 51.1 Å². The van der Waals surface area contributed by atoms with Crippen molar-refractivity contribution in [1.29, 1.82) is 0 Å². The third kappa shape index (κ3) is 4.95. The molecule has 21 heavy (non-hydrogen) atoms. The fourth-order valence-electron chi connectivity index (χ4n) is 1.70. The first-order valence-corrected chi connectivity index (χ1v) is 7.70. The van der Waals surface area contributed by atoms with Gasteiger partial charge in [0, 0.05) is 16.6 Å². The highest BCUT2D eigenvalue weighted by molar-refractivity contribution is 6.34. The average Bonchev–Trinajstić information content (AvgIpc) is 2.44. The van der Waals surface area contributed by atoms with E-state index in [0.717, 1.165) is 18.8 Å². The van der Waals surface area contributed by atoms with Gasteiger partial charge in [-0.2, -0.15) is 0 Å². The van der Waals surface area contributed by atoms with Crippen molar-refractivity contribution in [2.75, 3.05) is 11.9 Å². The molecule has 112 valence electrons. The molecule has 6 heteroatoms. The second-order valence-corrected chi connectivity index (χ2v) is 5.73. The lowest BCUT2D eigenvalue weighted by Crippen LogP contribution is -2.05. The Morgan fingerprint density at radius 1 is 1.10 bits per heavy atom. The number of aromatic nitrogens is 1. The van der Waals surface area contributed by atoms with Gasteiger partial charge in [-0.25, -0.2) is 4.98 Å². The summed E-state index contributed by atoms with van der Waals surface area (Å²) < 4.78 is 5.65. The Morgan fingerprint density at radius 3 is 2.48 bits per heavy atom. The standard InChI is InChI=1S/C15H15Cl3N2O/c1-2-5-19-15-4-3-13(18)14(20-15)9-21-12-7-10(16)6-11(17)8-12/h3-4,6-8H,2,5,9H2,1H3,(H,19,20). The van der Waals surface area contributed by atoms with Gasteiger partial charge in [0.1, 0.15) is 18.2 Å². The summed E-state index contributed by atoms with van der Waals surface area (Å²) in [4.78, 5) is 4.44. The first kappa shape index (κ1) is 16.2. The molecule has 2 aromatic rings. The van der Waals surface area contributed by atoms with E-state index in [9.17, 15) is 0 Å². The SMILES string of the molecule is CCCNc1ccc(Cl)c(COc2cc(Cl)cc(Cl)c2)n1. The van der Waals surface area contributed by atoms with E-state index in [2.05, 4.69) is 17.2 Å². The lowest BCUT2D eigenvalue weighted by molar-refractivity contribution is 0.301. The van der Waals surface area contributed by atoms with Gasteiger partial charge in [-0.05, 0) is 36.8 Å². The van der Waals surface area contributed by atoms with Crippen molar-refractivity contribution in [3.63, 3.8) is 0 Å². The van der Waals surface area contributed by atoms with E-state index in [4.69, 9.17) is 39.5 Å². The molecule has 1 aromatic heterocycles. The zero-order valence-corrected chi connectivity index (χ0v) is 13.8. The summed E-state index contributed by atoms with van der Waals surface area (Å²) in [5.74, 6) is 1.36. The number of anilines is 1. The Morgan fingerprint density at radius 2 is 1.81 bits per heavy atom. The van der Waals surface area contributed by atoms with E-state index >= 15 is 0 Å². The highest BCUT2D eigenvalue weighted by Gasteiger charge is 2.06. The molecule has 0 saturated carbocycles. The molecule has 1 heterocycles. The summed E-state index contributed by atoms with van der Waals surface area (Å²) >= 11 is 18.0. The molecule has 2 rings (SSSR count). The van der Waals surface area contributed by atoms with Crippen LogP contribution < -0.4 is 10.1 Å². The van der Waals surface area contributed by atoms with Gasteiger partial charge in [0.25, 0.3) is 0 Å². The predicted molar refractivity (Wildman–Crippen MR) is 88.8 cm³/mol. The molecule has 0 spiro atoms. The molecule has 0 aliphatic heterocycles. The zero-order chi connectivity index (χ0) is 15.2. The van der Waals surface area contributed by atoms with Crippen LogP contribution in [0.3, 0.4) is 0 Å². The normalized spacial score (nSPS) is 10.5. The monoisotopic (exact) mass is 344 g/mol. The molecule has 0 aliphatic rings. The Labute approximate surface area is 139 Å². The summed E-state index contributed by atoms with van der Waals surface area (Å²) in [6.07, 6.45) is 1.02. The van der Waals surface area contributed by atoms with E-state index in [1.807, 2.05) is 6.07 Å². The van der Waals surface area contributed by atoms with E-state index in [-0.39, 0.29) is 6.61 Å². The van der Waals surface area contributed by atoms with Crippen LogP contribution in [0.4, 0.5) is 5.82 Å². The molecule has 0 saturated heterocycles. The van der Waals surface area contributed by atoms with Crippen molar-refractivity contribution >= 4 is 40.6 Å². The number of nitrogens with one attached hydrogen (secondary N) is 1. The molecular formula is C15H15Cl3N2O. The summed E-state index contributed by atoms with van der Waals surface area (Å²) in [5, 5.41) is 4.82. The molecule has 0 amide bonds. The van der Waals surface area contributed by atoms with Gasteiger partial charge in [0.15, 0.2) is 0 Å². The van der Waals surface area contributed by atoms with E-state index in [0.29, 0.717) is 26.5 Å². The smallest absolute Gasteiger partial charge is 0.132 e. The van der Waals surface area contributed by atoms with Gasteiger partial charge in [0.05, 0.1) is 10.7 Å². The van der Waals surface area contributed by atoms with Gasteiger partial charge in [-0.15, -0.1) is 0 Å². The maximum absolute atomic E-state index is 6.14. The first-order chi connectivity index (χ1) is 10.1. The first-order valence-electron chi connectivity index (χ1n) is 6.56. The topological polar surface area (TPSA) is 34.1 Å². The van der Waals surface area contributed by atoms with Crippen molar-refractivity contribution in [3.8, 4) is 5.75 Å². The predicted octanol–water partition coefficient (Wildman–Crippen LogP) is 5.44. The third-order valence-electron chi connectivity index (χ3n) is 2.69. The zero-order valence-electron chi connectivity index (χ0n) is 11.5. The van der Waals surface area contributed by atoms with Crippen LogP contribution in [-0.4, -0.2) is 11.5 Å². The second-order valence-electron chi connectivity index (χ2n) is 4.45. The molecule has 1 aromatic carbocycles. The summed E-state index contributed by atoms with van der Waals surface area (Å²) in [7, 11) is 0. The van der Waals surface area contributed by atoms with Crippen molar-refractivity contribution < 1.29 is 4.74 Å². The van der Waals surface area contributed by atoms with Crippen molar-refractivity contribution in [2.24, 2.45) is 0 Å². The van der Waals surface area contributed by atoms with E-state index < -0.39 is 0 Å². The van der Waals surface area contributed by atoms with Crippen LogP contribution >= 0.6 is 34.8 Å². The largest absolute Gasteiger partial charge is 0.487 e. The van der Waals surface area contributed by atoms with Gasteiger partial charge < -0.3 is 10.1 Å². The number of halogens is 3. The summed E-state index contributed by atoms with van der Waals surface area (Å²) in [6, 6.07) is 8.69. The van der Waals surface area contributed by atoms with Crippen molar-refractivity contribution in [1.82, 2.24) is 4.98 Å². The van der Waals surface area contributed by atoms with Crippen molar-refractivity contribution in [2.45, 2.75) is 20.0 Å². The van der Waals surface area contributed by atoms with Crippen LogP contribution in [0, 0.1) is 0 Å². The summed E-state index contributed by atoms with van der Waals surface area (Å²) in [6.45, 7) is 3.20. The van der Waals surface area contributed by atoms with Crippen LogP contribution in [0.25, 0.3) is 0 Å².